The molecule has 1 atom stereocenters. The van der Waals surface area contributed by atoms with Gasteiger partial charge >= 0.3 is 0 Å². The summed E-state index contributed by atoms with van der Waals surface area (Å²) in [7, 11) is 0. The maximum absolute atomic E-state index is 13.6. The van der Waals surface area contributed by atoms with Gasteiger partial charge in [-0.3, -0.25) is 9.69 Å². The van der Waals surface area contributed by atoms with Crippen molar-refractivity contribution in [2.24, 2.45) is 0 Å². The monoisotopic (exact) mass is 495 g/mol. The third-order valence-electron chi connectivity index (χ3n) is 4.98. The van der Waals surface area contributed by atoms with Crippen LogP contribution in [0.5, 0.6) is 11.5 Å². The third kappa shape index (κ3) is 4.12. The molecule has 3 aromatic rings. The molecular formula is C24H19BrFN3O3. The highest BCUT2D eigenvalue weighted by Crippen LogP contribution is 2.42. The number of nitrogens with zero attached hydrogens (tertiary/aromatic N) is 2. The number of benzene rings is 3. The molecule has 1 aliphatic rings. The molecule has 0 fully saturated rings. The molecule has 3 aromatic carbocycles. The Morgan fingerprint density at radius 3 is 2.56 bits per heavy atom. The Bertz CT molecular complexity index is 1190. The molecule has 0 saturated carbocycles. The van der Waals surface area contributed by atoms with E-state index in [0.29, 0.717) is 45.1 Å². The van der Waals surface area contributed by atoms with Crippen molar-refractivity contribution in [3.05, 3.63) is 82.1 Å². The zero-order valence-corrected chi connectivity index (χ0v) is 18.7. The quantitative estimate of drug-likeness (QED) is 0.477. The van der Waals surface area contributed by atoms with E-state index < -0.39 is 6.17 Å². The number of rotatable bonds is 6. The largest absolute Gasteiger partial charge is 0.490 e. The van der Waals surface area contributed by atoms with Gasteiger partial charge in [0.2, 0.25) is 0 Å². The van der Waals surface area contributed by atoms with Gasteiger partial charge in [-0.2, -0.15) is 5.26 Å². The Morgan fingerprint density at radius 2 is 1.84 bits per heavy atom. The Labute approximate surface area is 193 Å². The van der Waals surface area contributed by atoms with Gasteiger partial charge in [0.15, 0.2) is 18.1 Å². The van der Waals surface area contributed by atoms with Crippen molar-refractivity contribution < 1.29 is 18.7 Å². The van der Waals surface area contributed by atoms with E-state index in [1.807, 2.05) is 25.1 Å². The van der Waals surface area contributed by atoms with Gasteiger partial charge in [-0.1, -0.05) is 28.1 Å². The minimum absolute atomic E-state index is 0.124. The molecule has 0 aliphatic carbocycles. The molecule has 32 heavy (non-hydrogen) atoms. The second kappa shape index (κ2) is 9.28. The first-order valence-corrected chi connectivity index (χ1v) is 10.7. The number of fused-ring (bicyclic) bond motifs is 1. The van der Waals surface area contributed by atoms with Gasteiger partial charge in [-0.05, 0) is 55.5 Å². The molecule has 8 heteroatoms. The SMILES string of the molecule is CCOc1cc([C@@H]2Nc3ccccc3C(=O)N2c2ccc(F)cc2)c(Br)cc1OCC#N. The van der Waals surface area contributed by atoms with Crippen molar-refractivity contribution >= 4 is 33.2 Å². The fraction of sp³-hybridized carbons (Fsp3) is 0.167. The van der Waals surface area contributed by atoms with E-state index >= 15 is 0 Å². The van der Waals surface area contributed by atoms with Crippen molar-refractivity contribution in [3.63, 3.8) is 0 Å². The molecule has 1 heterocycles. The van der Waals surface area contributed by atoms with Crippen LogP contribution in [0, 0.1) is 17.1 Å². The van der Waals surface area contributed by atoms with Crippen LogP contribution in [0.4, 0.5) is 15.8 Å². The molecule has 0 radical (unpaired) electrons. The Balaban J connectivity index is 1.85. The van der Waals surface area contributed by atoms with Crippen LogP contribution < -0.4 is 19.7 Å². The van der Waals surface area contributed by atoms with Gasteiger partial charge in [-0.25, -0.2) is 4.39 Å². The van der Waals surface area contributed by atoms with Crippen molar-refractivity contribution in [2.75, 3.05) is 23.4 Å². The lowest BCUT2D eigenvalue weighted by Gasteiger charge is -2.38. The van der Waals surface area contributed by atoms with Crippen LogP contribution in [0.15, 0.2) is 65.1 Å². The molecule has 1 aliphatic heterocycles. The van der Waals surface area contributed by atoms with Gasteiger partial charge in [0.05, 0.1) is 12.2 Å². The highest BCUT2D eigenvalue weighted by molar-refractivity contribution is 9.10. The summed E-state index contributed by atoms with van der Waals surface area (Å²) < 4.78 is 25.5. The van der Waals surface area contributed by atoms with Gasteiger partial charge in [0.25, 0.3) is 5.91 Å². The molecule has 0 bridgehead atoms. The molecule has 0 saturated heterocycles. The Kier molecular flexibility index (Phi) is 6.28. The maximum atomic E-state index is 13.6. The van der Waals surface area contributed by atoms with Crippen LogP contribution in [-0.4, -0.2) is 19.1 Å². The molecule has 6 nitrogen and oxygen atoms in total. The average Bonchev–Trinajstić information content (AvgIpc) is 2.80. The first kappa shape index (κ1) is 21.7. The number of carbonyl (C=O) groups excluding carboxylic acids is 1. The van der Waals surface area contributed by atoms with Crippen LogP contribution in [-0.2, 0) is 0 Å². The zero-order chi connectivity index (χ0) is 22.7. The van der Waals surface area contributed by atoms with Crippen LogP contribution in [0.1, 0.15) is 29.0 Å². The van der Waals surface area contributed by atoms with Crippen molar-refractivity contribution in [1.82, 2.24) is 0 Å². The second-order valence-corrected chi connectivity index (χ2v) is 7.80. The van der Waals surface area contributed by atoms with Crippen molar-refractivity contribution in [1.29, 1.82) is 5.26 Å². The van der Waals surface area contributed by atoms with Crippen LogP contribution in [0.3, 0.4) is 0 Å². The smallest absolute Gasteiger partial charge is 0.262 e. The summed E-state index contributed by atoms with van der Waals surface area (Å²) in [5, 5.41) is 12.3. The first-order chi connectivity index (χ1) is 15.5. The number of amides is 1. The lowest BCUT2D eigenvalue weighted by atomic mass is 10.0. The fourth-order valence-electron chi connectivity index (χ4n) is 3.59. The van der Waals surface area contributed by atoms with Crippen LogP contribution >= 0.6 is 15.9 Å². The number of anilines is 2. The molecular weight excluding hydrogens is 477 g/mol. The summed E-state index contributed by atoms with van der Waals surface area (Å²) in [5.41, 5.74) is 2.46. The number of halogens is 2. The molecule has 162 valence electrons. The molecule has 1 amide bonds. The van der Waals surface area contributed by atoms with E-state index in [-0.39, 0.29) is 18.3 Å². The second-order valence-electron chi connectivity index (χ2n) is 6.94. The number of hydrogen-bond donors (Lipinski definition) is 1. The summed E-state index contributed by atoms with van der Waals surface area (Å²) >= 11 is 3.58. The normalized spacial score (nSPS) is 14.9. The predicted octanol–water partition coefficient (Wildman–Crippen LogP) is 5.66. The molecule has 0 spiro atoms. The van der Waals surface area contributed by atoms with Gasteiger partial charge in [-0.15, -0.1) is 0 Å². The number of hydrogen-bond acceptors (Lipinski definition) is 5. The molecule has 0 aromatic heterocycles. The predicted molar refractivity (Wildman–Crippen MR) is 122 cm³/mol. The van der Waals surface area contributed by atoms with E-state index in [4.69, 9.17) is 14.7 Å². The highest BCUT2D eigenvalue weighted by Gasteiger charge is 2.35. The lowest BCUT2D eigenvalue weighted by Crippen LogP contribution is -2.43. The first-order valence-electron chi connectivity index (χ1n) is 9.94. The summed E-state index contributed by atoms with van der Waals surface area (Å²) in [6.45, 7) is 2.12. The van der Waals surface area contributed by atoms with Crippen LogP contribution in [0.2, 0.25) is 0 Å². The standard InChI is InChI=1S/C24H19BrFN3O3/c1-2-31-21-13-18(19(25)14-22(21)32-12-11-27)23-28-20-6-4-3-5-17(20)24(30)29(23)16-9-7-15(26)8-10-16/h3-10,13-14,23,28H,2,12H2,1H3/t23-/m1/s1. The van der Waals surface area contributed by atoms with E-state index in [9.17, 15) is 9.18 Å². The summed E-state index contributed by atoms with van der Waals surface area (Å²) in [6, 6.07) is 18.4. The number of para-hydroxylation sites is 1. The summed E-state index contributed by atoms with van der Waals surface area (Å²) in [4.78, 5) is 15.1. The molecule has 4 rings (SSSR count). The van der Waals surface area contributed by atoms with E-state index in [1.54, 1.807) is 41.3 Å². The minimum atomic E-state index is -0.610. The van der Waals surface area contributed by atoms with E-state index in [1.165, 1.54) is 12.1 Å². The lowest BCUT2D eigenvalue weighted by molar-refractivity contribution is 0.0974. The summed E-state index contributed by atoms with van der Waals surface area (Å²) in [6.07, 6.45) is -0.610. The van der Waals surface area contributed by atoms with Gasteiger partial charge in [0.1, 0.15) is 18.1 Å². The zero-order valence-electron chi connectivity index (χ0n) is 17.1. The highest BCUT2D eigenvalue weighted by atomic mass is 79.9. The molecule has 0 unspecified atom stereocenters. The van der Waals surface area contributed by atoms with Gasteiger partial charge < -0.3 is 14.8 Å². The number of carbonyl (C=O) groups is 1. The van der Waals surface area contributed by atoms with Gasteiger partial charge in [0, 0.05) is 21.4 Å². The van der Waals surface area contributed by atoms with Crippen molar-refractivity contribution in [3.8, 4) is 17.6 Å². The number of ether oxygens (including phenoxy) is 2. The van der Waals surface area contributed by atoms with E-state index in [0.717, 1.165) is 0 Å². The number of nitriles is 1. The minimum Gasteiger partial charge on any atom is -0.490 e. The average molecular weight is 496 g/mol. The van der Waals surface area contributed by atoms with Crippen molar-refractivity contribution in [2.45, 2.75) is 13.1 Å². The number of nitrogens with one attached hydrogen (secondary N) is 1. The summed E-state index contributed by atoms with van der Waals surface area (Å²) in [5.74, 6) is 0.264. The fourth-order valence-corrected chi connectivity index (χ4v) is 4.13. The maximum Gasteiger partial charge on any atom is 0.262 e. The van der Waals surface area contributed by atoms with Crippen LogP contribution in [0.25, 0.3) is 0 Å². The topological polar surface area (TPSA) is 74.6 Å². The Hall–Kier alpha value is -3.57. The van der Waals surface area contributed by atoms with E-state index in [2.05, 4.69) is 21.2 Å². The third-order valence-corrected chi connectivity index (χ3v) is 5.67. The molecule has 1 N–H and O–H groups in total. The Morgan fingerprint density at radius 1 is 1.12 bits per heavy atom.